The lowest BCUT2D eigenvalue weighted by Gasteiger charge is -2.10. The molecule has 3 aromatic carbocycles. The number of aromatic hydroxyl groups is 1. The first-order chi connectivity index (χ1) is 16.6. The summed E-state index contributed by atoms with van der Waals surface area (Å²) in [6.45, 7) is 6.45. The second-order valence-corrected chi connectivity index (χ2v) is 7.53. The third-order valence-corrected chi connectivity index (χ3v) is 5.23. The van der Waals surface area contributed by atoms with Gasteiger partial charge in [0.15, 0.2) is 5.76 Å². The van der Waals surface area contributed by atoms with E-state index < -0.39 is 0 Å². The second-order valence-electron chi connectivity index (χ2n) is 7.09. The van der Waals surface area contributed by atoms with Gasteiger partial charge in [-0.15, -0.1) is 0 Å². The molecule has 1 aromatic heterocycles. The number of carbonyl (C=O) groups is 1. The zero-order chi connectivity index (χ0) is 24.5. The van der Waals surface area contributed by atoms with E-state index in [0.717, 1.165) is 44.4 Å². The van der Waals surface area contributed by atoms with E-state index >= 15 is 0 Å². The normalized spacial score (nSPS) is 11.2. The minimum atomic E-state index is 0.191. The number of phenolic OH excluding ortho intramolecular Hbond substituents is 1. The predicted molar refractivity (Wildman–Crippen MR) is 137 cm³/mol. The van der Waals surface area contributed by atoms with Gasteiger partial charge in [0.05, 0.1) is 17.0 Å². The lowest BCUT2D eigenvalue weighted by Crippen LogP contribution is -2.04. The van der Waals surface area contributed by atoms with Crippen molar-refractivity contribution in [3.8, 4) is 16.9 Å². The molecule has 4 aromatic rings. The monoisotopic (exact) mass is 475 g/mol. The van der Waals surface area contributed by atoms with Crippen LogP contribution in [0.15, 0.2) is 82.3 Å². The van der Waals surface area contributed by atoms with Gasteiger partial charge in [-0.3, -0.25) is 9.79 Å². The van der Waals surface area contributed by atoms with Crippen LogP contribution in [0.25, 0.3) is 11.1 Å². The van der Waals surface area contributed by atoms with Crippen LogP contribution in [-0.4, -0.2) is 22.4 Å². The van der Waals surface area contributed by atoms with Crippen LogP contribution in [0.1, 0.15) is 36.4 Å². The Morgan fingerprint density at radius 2 is 1.62 bits per heavy atom. The van der Waals surface area contributed by atoms with Gasteiger partial charge < -0.3 is 14.9 Å². The summed E-state index contributed by atoms with van der Waals surface area (Å²) in [5, 5.41) is 16.1. The molecule has 2 heterocycles. The topological polar surface area (TPSA) is 87.7 Å². The van der Waals surface area contributed by atoms with E-state index in [9.17, 15) is 4.79 Å². The fourth-order valence-electron chi connectivity index (χ4n) is 3.49. The quantitative estimate of drug-likeness (QED) is 0.257. The Kier molecular flexibility index (Phi) is 8.60. The standard InChI is InChI=1S/C18H13ClN2O.C7H7NO2.C2H6/c1-11-17-14-4-2-3-5-15(14)18(20-10-16(17)22-21-11)12-6-8-13(19)9-7-12;9-5-8-6-1-3-7(10)4-2-6;1-2/h2-9H,10H2,1H3;1-5,10H,(H,8,9);1-2H3. The summed E-state index contributed by atoms with van der Waals surface area (Å²) in [6, 6.07) is 22.2. The molecule has 0 radical (unpaired) electrons. The van der Waals surface area contributed by atoms with Gasteiger partial charge in [-0.2, -0.15) is 0 Å². The van der Waals surface area contributed by atoms with Crippen molar-refractivity contribution in [2.75, 3.05) is 5.32 Å². The number of anilines is 1. The van der Waals surface area contributed by atoms with E-state index in [1.165, 1.54) is 12.1 Å². The molecule has 0 bridgehead atoms. The van der Waals surface area contributed by atoms with Crippen molar-refractivity contribution in [2.45, 2.75) is 27.3 Å². The highest BCUT2D eigenvalue weighted by atomic mass is 35.5. The molecule has 34 heavy (non-hydrogen) atoms. The van der Waals surface area contributed by atoms with Gasteiger partial charge in [0.1, 0.15) is 12.3 Å². The molecule has 174 valence electrons. The largest absolute Gasteiger partial charge is 0.508 e. The number of aromatic nitrogens is 1. The highest BCUT2D eigenvalue weighted by Gasteiger charge is 2.23. The molecule has 0 saturated carbocycles. The van der Waals surface area contributed by atoms with E-state index in [-0.39, 0.29) is 5.75 Å². The molecule has 2 N–H and O–H groups in total. The fraction of sp³-hybridized carbons (Fsp3) is 0.148. The zero-order valence-corrected chi connectivity index (χ0v) is 20.0. The summed E-state index contributed by atoms with van der Waals surface area (Å²) in [5.41, 5.74) is 6.84. The SMILES string of the molecule is CC.Cc1noc2c1-c1ccccc1C(c1ccc(Cl)cc1)=NC2.O=CNc1ccc(O)cc1. The number of fused-ring (bicyclic) bond motifs is 3. The number of halogens is 1. The number of aryl methyl sites for hydroxylation is 1. The summed E-state index contributed by atoms with van der Waals surface area (Å²) >= 11 is 6.00. The van der Waals surface area contributed by atoms with Crippen LogP contribution in [0.3, 0.4) is 0 Å². The number of amides is 1. The van der Waals surface area contributed by atoms with Crippen LogP contribution in [0.5, 0.6) is 5.75 Å². The second kappa shape index (κ2) is 11.8. The predicted octanol–water partition coefficient (Wildman–Crippen LogP) is 6.64. The van der Waals surface area contributed by atoms with Crippen LogP contribution < -0.4 is 5.32 Å². The molecular formula is C27H26ClN3O3. The van der Waals surface area contributed by atoms with Crippen molar-refractivity contribution in [1.82, 2.24) is 5.16 Å². The van der Waals surface area contributed by atoms with Crippen molar-refractivity contribution in [3.05, 3.63) is 100 Å². The Morgan fingerprint density at radius 1 is 0.971 bits per heavy atom. The van der Waals surface area contributed by atoms with E-state index in [2.05, 4.69) is 22.6 Å². The maximum absolute atomic E-state index is 9.89. The number of aliphatic imine (C=N–C) groups is 1. The average molecular weight is 476 g/mol. The van der Waals surface area contributed by atoms with Gasteiger partial charge >= 0.3 is 0 Å². The van der Waals surface area contributed by atoms with E-state index in [1.807, 2.05) is 57.2 Å². The summed E-state index contributed by atoms with van der Waals surface area (Å²) < 4.78 is 5.45. The van der Waals surface area contributed by atoms with Crippen molar-refractivity contribution < 1.29 is 14.4 Å². The Hall–Kier alpha value is -3.90. The summed E-state index contributed by atoms with van der Waals surface area (Å²) in [7, 11) is 0. The van der Waals surface area contributed by atoms with Crippen LogP contribution in [0, 0.1) is 6.92 Å². The molecule has 1 amide bonds. The number of hydrogen-bond acceptors (Lipinski definition) is 5. The summed E-state index contributed by atoms with van der Waals surface area (Å²) in [6.07, 6.45) is 0.590. The fourth-order valence-corrected chi connectivity index (χ4v) is 3.62. The molecule has 1 aliphatic heterocycles. The highest BCUT2D eigenvalue weighted by molar-refractivity contribution is 6.30. The molecule has 0 aliphatic carbocycles. The number of hydrogen-bond donors (Lipinski definition) is 2. The number of rotatable bonds is 3. The Morgan fingerprint density at radius 3 is 2.26 bits per heavy atom. The molecule has 0 fully saturated rings. The average Bonchev–Trinajstić information content (AvgIpc) is 3.15. The molecule has 0 unspecified atom stereocenters. The zero-order valence-electron chi connectivity index (χ0n) is 19.2. The first-order valence-electron chi connectivity index (χ1n) is 10.9. The van der Waals surface area contributed by atoms with Crippen LogP contribution >= 0.6 is 11.6 Å². The number of nitrogens with one attached hydrogen (secondary N) is 1. The van der Waals surface area contributed by atoms with E-state index in [0.29, 0.717) is 18.6 Å². The summed E-state index contributed by atoms with van der Waals surface area (Å²) in [4.78, 5) is 14.6. The molecule has 0 spiro atoms. The number of carbonyl (C=O) groups excluding carboxylic acids is 1. The molecular weight excluding hydrogens is 450 g/mol. The van der Waals surface area contributed by atoms with Crippen molar-refractivity contribution in [3.63, 3.8) is 0 Å². The van der Waals surface area contributed by atoms with Crippen LogP contribution in [0.4, 0.5) is 5.69 Å². The van der Waals surface area contributed by atoms with Crippen molar-refractivity contribution >= 4 is 29.4 Å². The number of nitrogens with zero attached hydrogens (tertiary/aromatic N) is 2. The Bertz CT molecular complexity index is 1260. The minimum absolute atomic E-state index is 0.191. The van der Waals surface area contributed by atoms with Gasteiger partial charge in [0.25, 0.3) is 0 Å². The van der Waals surface area contributed by atoms with E-state index in [4.69, 9.17) is 26.2 Å². The van der Waals surface area contributed by atoms with Gasteiger partial charge in [0, 0.05) is 21.8 Å². The highest BCUT2D eigenvalue weighted by Crippen LogP contribution is 2.34. The minimum Gasteiger partial charge on any atom is -0.508 e. The first-order valence-corrected chi connectivity index (χ1v) is 11.3. The van der Waals surface area contributed by atoms with Gasteiger partial charge in [-0.25, -0.2) is 0 Å². The third-order valence-electron chi connectivity index (χ3n) is 4.98. The lowest BCUT2D eigenvalue weighted by molar-refractivity contribution is -0.105. The molecule has 6 nitrogen and oxygen atoms in total. The summed E-state index contributed by atoms with van der Waals surface area (Å²) in [5.74, 6) is 1.00. The molecule has 0 saturated heterocycles. The lowest BCUT2D eigenvalue weighted by atomic mass is 9.93. The van der Waals surface area contributed by atoms with E-state index in [1.54, 1.807) is 12.1 Å². The van der Waals surface area contributed by atoms with Gasteiger partial charge in [0.2, 0.25) is 6.41 Å². The smallest absolute Gasteiger partial charge is 0.211 e. The Labute approximate surface area is 203 Å². The van der Waals surface area contributed by atoms with Crippen molar-refractivity contribution in [1.29, 1.82) is 0 Å². The maximum atomic E-state index is 9.89. The van der Waals surface area contributed by atoms with Gasteiger partial charge in [-0.05, 0) is 48.9 Å². The molecule has 5 rings (SSSR count). The van der Waals surface area contributed by atoms with Gasteiger partial charge in [-0.1, -0.05) is 67.0 Å². The number of benzene rings is 3. The maximum Gasteiger partial charge on any atom is 0.211 e. The first kappa shape index (κ1) is 24.7. The van der Waals surface area contributed by atoms with Crippen LogP contribution in [0.2, 0.25) is 5.02 Å². The number of phenols is 1. The molecule has 0 atom stereocenters. The third kappa shape index (κ3) is 5.71. The molecule has 1 aliphatic rings. The van der Waals surface area contributed by atoms with Crippen molar-refractivity contribution in [2.24, 2.45) is 4.99 Å². The van der Waals surface area contributed by atoms with Crippen LogP contribution in [-0.2, 0) is 11.3 Å². The Balaban J connectivity index is 0.000000228. The molecule has 7 heteroatoms.